The van der Waals surface area contributed by atoms with E-state index in [-0.39, 0.29) is 11.3 Å². The molecule has 0 bridgehead atoms. The van der Waals surface area contributed by atoms with E-state index in [1.54, 1.807) is 42.5 Å². The van der Waals surface area contributed by atoms with E-state index in [4.69, 9.17) is 4.74 Å². The number of benzene rings is 3. The van der Waals surface area contributed by atoms with E-state index in [1.165, 1.54) is 10.4 Å². The first-order valence-electron chi connectivity index (χ1n) is 11.2. The molecular formula is C28H27NO5S. The lowest BCUT2D eigenvalue weighted by molar-refractivity contribution is -0.137. The van der Waals surface area contributed by atoms with Crippen LogP contribution in [0, 0.1) is 6.92 Å². The summed E-state index contributed by atoms with van der Waals surface area (Å²) in [6, 6.07) is 20.4. The second-order valence-electron chi connectivity index (χ2n) is 8.57. The first-order valence-corrected chi connectivity index (χ1v) is 12.6. The van der Waals surface area contributed by atoms with Gasteiger partial charge in [0.25, 0.3) is 10.0 Å². The number of hydrogen-bond acceptors (Lipinski definition) is 4. The molecule has 1 atom stereocenters. The SMILES string of the molecule is C=C(C)/C=C(/COc1ccc(N2C(CC(=O)O)c3ccccc3S2(=O)=O)cc1)c1ccccc1C. The third-order valence-electron chi connectivity index (χ3n) is 5.86. The smallest absolute Gasteiger partial charge is 0.305 e. The van der Waals surface area contributed by atoms with Crippen LogP contribution in [0.4, 0.5) is 5.69 Å². The normalized spacial score (nSPS) is 16.6. The molecule has 0 spiro atoms. The van der Waals surface area contributed by atoms with Crippen LogP contribution in [0.1, 0.15) is 36.1 Å². The van der Waals surface area contributed by atoms with Gasteiger partial charge in [0.05, 0.1) is 23.0 Å². The molecule has 0 fully saturated rings. The molecule has 180 valence electrons. The maximum absolute atomic E-state index is 13.3. The Morgan fingerprint density at radius 2 is 1.71 bits per heavy atom. The molecule has 4 rings (SSSR count). The summed E-state index contributed by atoms with van der Waals surface area (Å²) in [6.07, 6.45) is 1.65. The van der Waals surface area contributed by atoms with Gasteiger partial charge in [-0.3, -0.25) is 9.10 Å². The predicted octanol–water partition coefficient (Wildman–Crippen LogP) is 5.76. The second kappa shape index (κ2) is 9.80. The number of aryl methyl sites for hydroxylation is 1. The zero-order chi connectivity index (χ0) is 25.2. The molecule has 1 aliphatic rings. The summed E-state index contributed by atoms with van der Waals surface area (Å²) in [6.45, 7) is 8.26. The van der Waals surface area contributed by atoms with Crippen LogP contribution in [-0.2, 0) is 14.8 Å². The largest absolute Gasteiger partial charge is 0.489 e. The minimum Gasteiger partial charge on any atom is -0.489 e. The third kappa shape index (κ3) is 5.00. The molecule has 3 aromatic rings. The fourth-order valence-corrected chi connectivity index (χ4v) is 6.23. The summed E-state index contributed by atoms with van der Waals surface area (Å²) in [4.78, 5) is 11.7. The van der Waals surface area contributed by atoms with Crippen LogP contribution in [0.2, 0.25) is 0 Å². The topological polar surface area (TPSA) is 83.9 Å². The quantitative estimate of drug-likeness (QED) is 0.407. The summed E-state index contributed by atoms with van der Waals surface area (Å²) in [5.41, 5.74) is 4.97. The predicted molar refractivity (Wildman–Crippen MR) is 137 cm³/mol. The van der Waals surface area contributed by atoms with Gasteiger partial charge in [-0.25, -0.2) is 8.42 Å². The summed E-state index contributed by atoms with van der Waals surface area (Å²) < 4.78 is 33.7. The van der Waals surface area contributed by atoms with Crippen LogP contribution in [0.15, 0.2) is 95.9 Å². The van der Waals surface area contributed by atoms with Gasteiger partial charge >= 0.3 is 5.97 Å². The number of rotatable bonds is 8. The Morgan fingerprint density at radius 1 is 1.06 bits per heavy atom. The lowest BCUT2D eigenvalue weighted by Gasteiger charge is -2.25. The maximum Gasteiger partial charge on any atom is 0.305 e. The zero-order valence-electron chi connectivity index (χ0n) is 19.6. The average molecular weight is 490 g/mol. The average Bonchev–Trinajstić information content (AvgIpc) is 3.03. The number of carboxylic acids is 1. The van der Waals surface area contributed by atoms with Gasteiger partial charge in [-0.2, -0.15) is 0 Å². The number of anilines is 1. The summed E-state index contributed by atoms with van der Waals surface area (Å²) in [7, 11) is -3.88. The van der Waals surface area contributed by atoms with E-state index < -0.39 is 22.0 Å². The number of hydrogen-bond donors (Lipinski definition) is 1. The van der Waals surface area contributed by atoms with E-state index in [1.807, 2.05) is 44.2 Å². The fraction of sp³-hybridized carbons (Fsp3) is 0.179. The van der Waals surface area contributed by atoms with Crippen molar-refractivity contribution >= 4 is 27.3 Å². The van der Waals surface area contributed by atoms with Gasteiger partial charge in [0, 0.05) is 0 Å². The van der Waals surface area contributed by atoms with Gasteiger partial charge in [0.2, 0.25) is 0 Å². The van der Waals surface area contributed by atoms with Gasteiger partial charge in [0.1, 0.15) is 12.4 Å². The Bertz CT molecular complexity index is 1410. The molecule has 0 saturated carbocycles. The van der Waals surface area contributed by atoms with Crippen molar-refractivity contribution in [1.82, 2.24) is 0 Å². The number of nitrogens with zero attached hydrogens (tertiary/aromatic N) is 1. The highest BCUT2D eigenvalue weighted by atomic mass is 32.2. The first kappa shape index (κ1) is 24.3. The van der Waals surface area contributed by atoms with Gasteiger partial charge in [0.15, 0.2) is 0 Å². The Balaban J connectivity index is 1.59. The van der Waals surface area contributed by atoms with Crippen LogP contribution in [-0.4, -0.2) is 26.1 Å². The van der Waals surface area contributed by atoms with Crippen molar-refractivity contribution in [1.29, 1.82) is 0 Å². The van der Waals surface area contributed by atoms with Crippen molar-refractivity contribution in [2.75, 3.05) is 10.9 Å². The summed E-state index contributed by atoms with van der Waals surface area (Å²) in [5, 5.41) is 9.42. The first-order chi connectivity index (χ1) is 16.7. The van der Waals surface area contributed by atoms with E-state index in [0.717, 1.165) is 22.3 Å². The number of allylic oxidation sites excluding steroid dienone is 2. The standard InChI is InChI=1S/C28H27NO5S/c1-19(2)16-21(24-9-5-4-8-20(24)3)18-34-23-14-12-22(13-15-23)29-26(17-28(30)31)25-10-6-7-11-27(25)35(29,32)33/h4-16,26H,1,17-18H2,2-3H3,(H,30,31)/b21-16-. The minimum absolute atomic E-state index is 0.138. The van der Waals surface area contributed by atoms with Gasteiger partial charge in [-0.1, -0.05) is 60.7 Å². The molecule has 1 aliphatic heterocycles. The molecule has 0 radical (unpaired) electrons. The lowest BCUT2D eigenvalue weighted by atomic mass is 9.99. The van der Waals surface area contributed by atoms with Gasteiger partial charge in [-0.15, -0.1) is 0 Å². The van der Waals surface area contributed by atoms with Crippen molar-refractivity contribution in [2.24, 2.45) is 0 Å². The molecule has 3 aromatic carbocycles. The molecule has 6 nitrogen and oxygen atoms in total. The number of sulfonamides is 1. The van der Waals surface area contributed by atoms with Crippen molar-refractivity contribution < 1.29 is 23.1 Å². The fourth-order valence-electron chi connectivity index (χ4n) is 4.35. The van der Waals surface area contributed by atoms with E-state index in [2.05, 4.69) is 6.58 Å². The van der Waals surface area contributed by atoms with Gasteiger partial charge < -0.3 is 9.84 Å². The Labute approximate surface area is 205 Å². The lowest BCUT2D eigenvalue weighted by Crippen LogP contribution is -2.29. The van der Waals surface area contributed by atoms with Crippen LogP contribution >= 0.6 is 0 Å². The molecule has 35 heavy (non-hydrogen) atoms. The number of carboxylic acid groups (broad SMARTS) is 1. The van der Waals surface area contributed by atoms with E-state index in [9.17, 15) is 18.3 Å². The second-order valence-corrected chi connectivity index (χ2v) is 10.3. The maximum atomic E-state index is 13.3. The Hall–Kier alpha value is -3.84. The number of aliphatic carboxylic acids is 1. The molecule has 1 heterocycles. The monoisotopic (exact) mass is 489 g/mol. The zero-order valence-corrected chi connectivity index (χ0v) is 20.5. The summed E-state index contributed by atoms with van der Waals surface area (Å²) >= 11 is 0. The molecule has 0 aliphatic carbocycles. The Kier molecular flexibility index (Phi) is 6.80. The number of carbonyl (C=O) groups is 1. The molecule has 7 heteroatoms. The molecule has 0 aromatic heterocycles. The molecule has 1 N–H and O–H groups in total. The third-order valence-corrected chi connectivity index (χ3v) is 7.77. The molecule has 0 amide bonds. The van der Waals surface area contributed by atoms with Crippen molar-refractivity contribution in [3.8, 4) is 5.75 Å². The summed E-state index contributed by atoms with van der Waals surface area (Å²) in [5.74, 6) is -0.501. The van der Waals surface area contributed by atoms with Crippen LogP contribution in [0.5, 0.6) is 5.75 Å². The van der Waals surface area contributed by atoms with Crippen molar-refractivity contribution in [3.63, 3.8) is 0 Å². The highest BCUT2D eigenvalue weighted by molar-refractivity contribution is 7.93. The highest BCUT2D eigenvalue weighted by Gasteiger charge is 2.43. The van der Waals surface area contributed by atoms with Crippen molar-refractivity contribution in [3.05, 3.63) is 108 Å². The van der Waals surface area contributed by atoms with Crippen LogP contribution < -0.4 is 9.04 Å². The van der Waals surface area contributed by atoms with Gasteiger partial charge in [-0.05, 0) is 66.4 Å². The highest BCUT2D eigenvalue weighted by Crippen LogP contribution is 2.44. The van der Waals surface area contributed by atoms with Crippen LogP contribution in [0.3, 0.4) is 0 Å². The minimum atomic E-state index is -3.88. The van der Waals surface area contributed by atoms with Crippen molar-refractivity contribution in [2.45, 2.75) is 31.2 Å². The molecule has 0 saturated heterocycles. The Morgan fingerprint density at radius 3 is 2.37 bits per heavy atom. The van der Waals surface area contributed by atoms with Crippen LogP contribution in [0.25, 0.3) is 5.57 Å². The molecule has 1 unspecified atom stereocenters. The molecular weight excluding hydrogens is 462 g/mol. The van der Waals surface area contributed by atoms with E-state index in [0.29, 0.717) is 23.6 Å². The van der Waals surface area contributed by atoms with E-state index >= 15 is 0 Å². The number of fused-ring (bicyclic) bond motifs is 1. The number of ether oxygens (including phenoxy) is 1.